The number of allylic oxidation sites excluding steroid dienone is 1. The molecule has 1 aromatic carbocycles. The first-order valence-electron chi connectivity index (χ1n) is 6.23. The van der Waals surface area contributed by atoms with Crippen molar-refractivity contribution in [3.05, 3.63) is 47.0 Å². The summed E-state index contributed by atoms with van der Waals surface area (Å²) in [4.78, 5) is 2.16. The van der Waals surface area contributed by atoms with E-state index in [-0.39, 0.29) is 12.3 Å². The van der Waals surface area contributed by atoms with Crippen molar-refractivity contribution in [2.45, 2.75) is 39.5 Å². The van der Waals surface area contributed by atoms with Crippen LogP contribution in [0.5, 0.6) is 0 Å². The van der Waals surface area contributed by atoms with Crippen molar-refractivity contribution < 1.29 is 5.11 Å². The molecule has 1 aliphatic heterocycles. The molecule has 2 nitrogen and oxygen atoms in total. The lowest BCUT2D eigenvalue weighted by Gasteiger charge is -2.27. The summed E-state index contributed by atoms with van der Waals surface area (Å²) in [7, 11) is 0. The number of benzene rings is 1. The Bertz CT molecular complexity index is 406. The summed E-state index contributed by atoms with van der Waals surface area (Å²) < 4.78 is 0. The maximum Gasteiger partial charge on any atom is 0.111 e. The molecule has 2 atom stereocenters. The van der Waals surface area contributed by atoms with Gasteiger partial charge >= 0.3 is 0 Å². The Labute approximate surface area is 104 Å². The number of likely N-dealkylation sites (tertiary alicyclic amines) is 1. The van der Waals surface area contributed by atoms with Crippen LogP contribution in [-0.2, 0) is 0 Å². The third-order valence-corrected chi connectivity index (χ3v) is 3.67. The molecule has 92 valence electrons. The highest BCUT2D eigenvalue weighted by Gasteiger charge is 2.30. The zero-order valence-electron chi connectivity index (χ0n) is 10.9. The van der Waals surface area contributed by atoms with Crippen LogP contribution in [-0.4, -0.2) is 22.8 Å². The smallest absolute Gasteiger partial charge is 0.111 e. The van der Waals surface area contributed by atoms with Crippen LogP contribution in [0.2, 0.25) is 0 Å². The molecule has 0 aromatic heterocycles. The predicted molar refractivity (Wildman–Crippen MR) is 70.6 cm³/mol. The highest BCUT2D eigenvalue weighted by Crippen LogP contribution is 2.31. The van der Waals surface area contributed by atoms with Crippen LogP contribution in [0.15, 0.2) is 41.5 Å². The van der Waals surface area contributed by atoms with E-state index in [0.717, 1.165) is 13.0 Å². The molecular formula is C15H21NO. The number of nitrogens with zero attached hydrogens (tertiary/aromatic N) is 1. The molecule has 2 heteroatoms. The zero-order chi connectivity index (χ0) is 12.4. The molecule has 0 bridgehead atoms. The number of hydrogen-bond donors (Lipinski definition) is 1. The van der Waals surface area contributed by atoms with Crippen molar-refractivity contribution in [3.63, 3.8) is 0 Å². The van der Waals surface area contributed by atoms with Crippen molar-refractivity contribution in [1.82, 2.24) is 4.90 Å². The number of aliphatic hydroxyl groups is 1. The van der Waals surface area contributed by atoms with Gasteiger partial charge in [-0.25, -0.2) is 0 Å². The minimum atomic E-state index is -0.338. The Kier molecular flexibility index (Phi) is 3.65. The first-order valence-corrected chi connectivity index (χ1v) is 6.23. The van der Waals surface area contributed by atoms with Crippen molar-refractivity contribution in [2.75, 3.05) is 6.54 Å². The number of aliphatic hydroxyl groups excluding tert-OH is 1. The van der Waals surface area contributed by atoms with E-state index >= 15 is 0 Å². The van der Waals surface area contributed by atoms with Crippen LogP contribution in [0.4, 0.5) is 0 Å². The molecule has 1 aromatic rings. The Balaban J connectivity index is 2.17. The average Bonchev–Trinajstić information content (AvgIpc) is 2.72. The van der Waals surface area contributed by atoms with E-state index < -0.39 is 0 Å². The summed E-state index contributed by atoms with van der Waals surface area (Å²) in [6.07, 6.45) is 0.453. The summed E-state index contributed by atoms with van der Waals surface area (Å²) in [6.45, 7) is 7.30. The molecule has 0 amide bonds. The summed E-state index contributed by atoms with van der Waals surface area (Å²) >= 11 is 0. The third-order valence-electron chi connectivity index (χ3n) is 3.67. The van der Waals surface area contributed by atoms with E-state index in [4.69, 9.17) is 0 Å². The van der Waals surface area contributed by atoms with Crippen LogP contribution in [0.1, 0.15) is 38.8 Å². The molecule has 1 N–H and O–H groups in total. The van der Waals surface area contributed by atoms with Gasteiger partial charge in [-0.3, -0.25) is 4.90 Å². The molecule has 1 fully saturated rings. The van der Waals surface area contributed by atoms with E-state index in [0.29, 0.717) is 0 Å². The fourth-order valence-corrected chi connectivity index (χ4v) is 2.41. The van der Waals surface area contributed by atoms with Crippen molar-refractivity contribution in [2.24, 2.45) is 0 Å². The Morgan fingerprint density at radius 3 is 2.47 bits per heavy atom. The van der Waals surface area contributed by atoms with Crippen LogP contribution in [0.3, 0.4) is 0 Å². The molecule has 1 aliphatic rings. The largest absolute Gasteiger partial charge is 0.378 e. The molecule has 1 heterocycles. The van der Waals surface area contributed by atoms with Gasteiger partial charge in [0.15, 0.2) is 0 Å². The van der Waals surface area contributed by atoms with Crippen molar-refractivity contribution in [1.29, 1.82) is 0 Å². The standard InChI is InChI=1S/C15H21NO/c1-11(2)14-9-15(17)16(10-14)12(3)13-7-5-4-6-8-13/h4-8,12,15,17H,9-10H2,1-3H3/t12-,15?/m1/s1. The molecular weight excluding hydrogens is 210 g/mol. The van der Waals surface area contributed by atoms with Crippen molar-refractivity contribution >= 4 is 0 Å². The summed E-state index contributed by atoms with van der Waals surface area (Å²) in [6, 6.07) is 10.6. The third kappa shape index (κ3) is 2.59. The van der Waals surface area contributed by atoms with Gasteiger partial charge in [0, 0.05) is 19.0 Å². The Hall–Kier alpha value is -1.12. The minimum absolute atomic E-state index is 0.267. The van der Waals surface area contributed by atoms with Crippen LogP contribution >= 0.6 is 0 Å². The monoisotopic (exact) mass is 231 g/mol. The Morgan fingerprint density at radius 1 is 1.29 bits per heavy atom. The van der Waals surface area contributed by atoms with Gasteiger partial charge in [-0.2, -0.15) is 0 Å². The maximum atomic E-state index is 10.1. The van der Waals surface area contributed by atoms with E-state index in [9.17, 15) is 5.11 Å². The van der Waals surface area contributed by atoms with Gasteiger partial charge in [0.1, 0.15) is 6.23 Å². The lowest BCUT2D eigenvalue weighted by Crippen LogP contribution is -2.31. The van der Waals surface area contributed by atoms with Gasteiger partial charge in [0.2, 0.25) is 0 Å². The molecule has 2 rings (SSSR count). The fraction of sp³-hybridized carbons (Fsp3) is 0.467. The SMILES string of the molecule is CC(C)=C1CC(O)N([C@H](C)c2ccccc2)C1. The van der Waals surface area contributed by atoms with Gasteiger partial charge in [-0.15, -0.1) is 0 Å². The first-order chi connectivity index (χ1) is 8.09. The fourth-order valence-electron chi connectivity index (χ4n) is 2.41. The van der Waals surface area contributed by atoms with Gasteiger partial charge in [0.05, 0.1) is 0 Å². The number of hydrogen-bond acceptors (Lipinski definition) is 2. The lowest BCUT2D eigenvalue weighted by molar-refractivity contribution is 0.0127. The molecule has 1 unspecified atom stereocenters. The highest BCUT2D eigenvalue weighted by molar-refractivity contribution is 5.22. The zero-order valence-corrected chi connectivity index (χ0v) is 10.9. The quantitative estimate of drug-likeness (QED) is 0.791. The molecule has 0 radical (unpaired) electrons. The lowest BCUT2D eigenvalue weighted by atomic mass is 10.1. The second kappa shape index (κ2) is 5.03. The summed E-state index contributed by atoms with van der Waals surface area (Å²) in [5.41, 5.74) is 3.98. The molecule has 0 spiro atoms. The first kappa shape index (κ1) is 12.3. The predicted octanol–water partition coefficient (Wildman–Crippen LogP) is 3.11. The minimum Gasteiger partial charge on any atom is -0.378 e. The normalized spacial score (nSPS) is 22.8. The van der Waals surface area contributed by atoms with Crippen LogP contribution < -0.4 is 0 Å². The van der Waals surface area contributed by atoms with Crippen LogP contribution in [0.25, 0.3) is 0 Å². The summed E-state index contributed by atoms with van der Waals surface area (Å²) in [5.74, 6) is 0. The van der Waals surface area contributed by atoms with Gasteiger partial charge in [-0.05, 0) is 26.3 Å². The maximum absolute atomic E-state index is 10.1. The van der Waals surface area contributed by atoms with Gasteiger partial charge in [0.25, 0.3) is 0 Å². The van der Waals surface area contributed by atoms with E-state index in [2.05, 4.69) is 49.9 Å². The Morgan fingerprint density at radius 2 is 1.94 bits per heavy atom. The number of rotatable bonds is 2. The van der Waals surface area contributed by atoms with E-state index in [1.807, 2.05) is 6.07 Å². The summed E-state index contributed by atoms with van der Waals surface area (Å²) in [5, 5.41) is 10.1. The van der Waals surface area contributed by atoms with Crippen molar-refractivity contribution in [3.8, 4) is 0 Å². The molecule has 1 saturated heterocycles. The molecule has 17 heavy (non-hydrogen) atoms. The second-order valence-electron chi connectivity index (χ2n) is 5.05. The highest BCUT2D eigenvalue weighted by atomic mass is 16.3. The molecule has 0 aliphatic carbocycles. The van der Waals surface area contributed by atoms with E-state index in [1.165, 1.54) is 16.7 Å². The van der Waals surface area contributed by atoms with Gasteiger partial charge < -0.3 is 5.11 Å². The molecule has 0 saturated carbocycles. The van der Waals surface area contributed by atoms with Gasteiger partial charge in [-0.1, -0.05) is 41.5 Å². The topological polar surface area (TPSA) is 23.5 Å². The van der Waals surface area contributed by atoms with Crippen LogP contribution in [0, 0.1) is 0 Å². The average molecular weight is 231 g/mol. The second-order valence-corrected chi connectivity index (χ2v) is 5.05. The van der Waals surface area contributed by atoms with E-state index in [1.54, 1.807) is 0 Å².